The van der Waals surface area contributed by atoms with Crippen molar-refractivity contribution in [3.63, 3.8) is 0 Å². The van der Waals surface area contributed by atoms with E-state index in [0.717, 1.165) is 43.6 Å². The number of amides is 1. The molecule has 2 rings (SSSR count). The van der Waals surface area contributed by atoms with Crippen LogP contribution in [0.25, 0.3) is 0 Å². The maximum atomic E-state index is 12.5. The van der Waals surface area contributed by atoms with Gasteiger partial charge in [0.15, 0.2) is 0 Å². The van der Waals surface area contributed by atoms with Crippen LogP contribution >= 0.6 is 0 Å². The average Bonchev–Trinajstić information content (AvgIpc) is 2.52. The summed E-state index contributed by atoms with van der Waals surface area (Å²) in [5.74, 6) is 0.162. The zero-order valence-electron chi connectivity index (χ0n) is 13.6. The fourth-order valence-corrected chi connectivity index (χ4v) is 2.82. The first-order chi connectivity index (χ1) is 10.1. The minimum absolute atomic E-state index is 0.162. The van der Waals surface area contributed by atoms with Crippen LogP contribution in [-0.2, 0) is 4.79 Å². The highest BCUT2D eigenvalue weighted by Crippen LogP contribution is 2.41. The Morgan fingerprint density at radius 2 is 1.86 bits per heavy atom. The second kappa shape index (κ2) is 7.99. The third kappa shape index (κ3) is 3.94. The number of allylic oxidation sites excluding steroid dienone is 5. The molecule has 2 aliphatic rings. The lowest BCUT2D eigenvalue weighted by atomic mass is 9.71. The molecule has 0 unspecified atom stereocenters. The summed E-state index contributed by atoms with van der Waals surface area (Å²) >= 11 is 0. The van der Waals surface area contributed by atoms with E-state index in [2.05, 4.69) is 30.4 Å². The molecule has 1 N–H and O–H groups in total. The van der Waals surface area contributed by atoms with Gasteiger partial charge in [-0.25, -0.2) is 0 Å². The molecule has 0 atom stereocenters. The van der Waals surface area contributed by atoms with Gasteiger partial charge < -0.3 is 10.2 Å². The molecule has 1 spiro atoms. The van der Waals surface area contributed by atoms with Gasteiger partial charge in [-0.15, -0.1) is 0 Å². The van der Waals surface area contributed by atoms with Gasteiger partial charge >= 0.3 is 0 Å². The smallest absolute Gasteiger partial charge is 0.231 e. The molecule has 1 amide bonds. The zero-order valence-corrected chi connectivity index (χ0v) is 13.6. The van der Waals surface area contributed by atoms with Crippen molar-refractivity contribution in [3.8, 4) is 0 Å². The molecule has 116 valence electrons. The third-order valence-corrected chi connectivity index (χ3v) is 4.19. The number of piperidine rings is 1. The van der Waals surface area contributed by atoms with Crippen LogP contribution < -0.4 is 5.32 Å². The number of nitrogens with one attached hydrogen (secondary N) is 1. The molecule has 1 saturated heterocycles. The molecule has 2 aliphatic heterocycles. The van der Waals surface area contributed by atoms with Crippen molar-refractivity contribution in [1.29, 1.82) is 0 Å². The second-order valence-corrected chi connectivity index (χ2v) is 5.45. The molecule has 3 nitrogen and oxygen atoms in total. The first-order valence-corrected chi connectivity index (χ1v) is 7.76. The number of rotatable bonds is 3. The molecular formula is C18H28N2O. The molecule has 0 aromatic carbocycles. The predicted octanol–water partition coefficient (Wildman–Crippen LogP) is 3.43. The highest BCUT2D eigenvalue weighted by atomic mass is 16.2. The molecule has 0 aliphatic carbocycles. The van der Waals surface area contributed by atoms with E-state index in [4.69, 9.17) is 0 Å². The van der Waals surface area contributed by atoms with Gasteiger partial charge in [0.25, 0.3) is 0 Å². The Labute approximate surface area is 129 Å². The lowest BCUT2D eigenvalue weighted by Crippen LogP contribution is -2.50. The summed E-state index contributed by atoms with van der Waals surface area (Å²) in [7, 11) is 2.11. The maximum Gasteiger partial charge on any atom is 0.231 e. The average molecular weight is 288 g/mol. The summed E-state index contributed by atoms with van der Waals surface area (Å²) in [5, 5.41) is 3.04. The van der Waals surface area contributed by atoms with Crippen molar-refractivity contribution >= 4 is 5.91 Å². The second-order valence-electron chi connectivity index (χ2n) is 5.45. The fraction of sp³-hybridized carbons (Fsp3) is 0.500. The first-order valence-electron chi connectivity index (χ1n) is 7.76. The number of nitrogens with zero attached hydrogens (tertiary/aromatic N) is 1. The van der Waals surface area contributed by atoms with Gasteiger partial charge in [0.2, 0.25) is 5.91 Å². The lowest BCUT2D eigenvalue weighted by Gasteiger charge is -2.42. The molecule has 1 fully saturated rings. The molecule has 0 aromatic heterocycles. The fourth-order valence-electron chi connectivity index (χ4n) is 2.82. The van der Waals surface area contributed by atoms with E-state index >= 15 is 0 Å². The quantitative estimate of drug-likeness (QED) is 0.807. The minimum atomic E-state index is -0.235. The van der Waals surface area contributed by atoms with Gasteiger partial charge in [-0.1, -0.05) is 45.2 Å². The van der Waals surface area contributed by atoms with Crippen molar-refractivity contribution in [2.45, 2.75) is 33.1 Å². The molecular weight excluding hydrogens is 260 g/mol. The van der Waals surface area contributed by atoms with Crippen LogP contribution in [0.3, 0.4) is 0 Å². The van der Waals surface area contributed by atoms with E-state index in [-0.39, 0.29) is 11.3 Å². The SMILES string of the molecule is C=C/C=C\C1=C(C=C)CC2(CCN(C)CC2)C(=O)N1.CC. The van der Waals surface area contributed by atoms with Gasteiger partial charge in [0.05, 0.1) is 5.41 Å². The lowest BCUT2D eigenvalue weighted by molar-refractivity contribution is -0.133. The van der Waals surface area contributed by atoms with Crippen molar-refractivity contribution in [2.75, 3.05) is 20.1 Å². The number of carbonyl (C=O) groups is 1. The van der Waals surface area contributed by atoms with Gasteiger partial charge in [0, 0.05) is 5.70 Å². The van der Waals surface area contributed by atoms with E-state index in [9.17, 15) is 4.79 Å². The van der Waals surface area contributed by atoms with Gasteiger partial charge in [-0.2, -0.15) is 0 Å². The van der Waals surface area contributed by atoms with Gasteiger partial charge in [-0.3, -0.25) is 4.79 Å². The van der Waals surface area contributed by atoms with Crippen LogP contribution in [0.1, 0.15) is 33.1 Å². The highest BCUT2D eigenvalue weighted by molar-refractivity contribution is 5.87. The number of hydrogen-bond acceptors (Lipinski definition) is 2. The van der Waals surface area contributed by atoms with Crippen LogP contribution in [0.5, 0.6) is 0 Å². The predicted molar refractivity (Wildman–Crippen MR) is 89.8 cm³/mol. The summed E-state index contributed by atoms with van der Waals surface area (Å²) in [6.07, 6.45) is 9.95. The normalized spacial score (nSPS) is 21.8. The molecule has 2 heterocycles. The summed E-state index contributed by atoms with van der Waals surface area (Å²) in [6.45, 7) is 13.5. The Morgan fingerprint density at radius 3 is 2.38 bits per heavy atom. The van der Waals surface area contributed by atoms with Gasteiger partial charge in [-0.05, 0) is 51.0 Å². The maximum absolute atomic E-state index is 12.5. The Morgan fingerprint density at radius 1 is 1.24 bits per heavy atom. The zero-order chi connectivity index (χ0) is 15.9. The van der Waals surface area contributed by atoms with E-state index in [0.29, 0.717) is 0 Å². The Kier molecular flexibility index (Phi) is 6.63. The Bertz CT molecular complexity index is 452. The van der Waals surface area contributed by atoms with Crippen LogP contribution in [0.2, 0.25) is 0 Å². The summed E-state index contributed by atoms with van der Waals surface area (Å²) in [6, 6.07) is 0. The first kappa shape index (κ1) is 17.4. The van der Waals surface area contributed by atoms with Crippen molar-refractivity contribution in [1.82, 2.24) is 10.2 Å². The Balaban J connectivity index is 0.00000106. The van der Waals surface area contributed by atoms with E-state index in [1.165, 1.54) is 0 Å². The van der Waals surface area contributed by atoms with Crippen LogP contribution in [-0.4, -0.2) is 30.9 Å². The monoisotopic (exact) mass is 288 g/mol. The number of hydrogen-bond donors (Lipinski definition) is 1. The number of carbonyl (C=O) groups excluding carboxylic acids is 1. The van der Waals surface area contributed by atoms with Crippen LogP contribution in [0.15, 0.2) is 48.7 Å². The summed E-state index contributed by atoms with van der Waals surface area (Å²) < 4.78 is 0. The van der Waals surface area contributed by atoms with Gasteiger partial charge in [0.1, 0.15) is 0 Å². The van der Waals surface area contributed by atoms with E-state index in [1.807, 2.05) is 32.1 Å². The van der Waals surface area contributed by atoms with E-state index < -0.39 is 0 Å². The molecule has 0 aromatic rings. The minimum Gasteiger partial charge on any atom is -0.325 e. The molecule has 3 heteroatoms. The molecule has 0 bridgehead atoms. The third-order valence-electron chi connectivity index (χ3n) is 4.19. The molecule has 0 saturated carbocycles. The molecule has 0 radical (unpaired) electrons. The topological polar surface area (TPSA) is 32.3 Å². The molecule has 21 heavy (non-hydrogen) atoms. The van der Waals surface area contributed by atoms with Crippen molar-refractivity contribution < 1.29 is 4.79 Å². The largest absolute Gasteiger partial charge is 0.325 e. The van der Waals surface area contributed by atoms with Crippen LogP contribution in [0.4, 0.5) is 0 Å². The Hall–Kier alpha value is -1.61. The van der Waals surface area contributed by atoms with Crippen LogP contribution in [0, 0.1) is 5.41 Å². The summed E-state index contributed by atoms with van der Waals surface area (Å²) in [4.78, 5) is 14.7. The highest BCUT2D eigenvalue weighted by Gasteiger charge is 2.43. The van der Waals surface area contributed by atoms with E-state index in [1.54, 1.807) is 6.08 Å². The van der Waals surface area contributed by atoms with Crippen molar-refractivity contribution in [2.24, 2.45) is 5.41 Å². The standard InChI is InChI=1S/C16H22N2O.C2H6/c1-4-6-7-14-13(5-2)12-16(15(19)17-14)8-10-18(3)11-9-16;1-2/h4-7H,1-2,8-12H2,3H3,(H,17,19);1-2H3/b7-6-;. The summed E-state index contributed by atoms with van der Waals surface area (Å²) in [5.41, 5.74) is 1.76. The number of likely N-dealkylation sites (tertiary alicyclic amines) is 1. The van der Waals surface area contributed by atoms with Crippen molar-refractivity contribution in [3.05, 3.63) is 48.7 Å².